The van der Waals surface area contributed by atoms with E-state index in [4.69, 9.17) is 15.0 Å². The van der Waals surface area contributed by atoms with Crippen LogP contribution in [0.15, 0.2) is 64.4 Å². The molecular formula is C23H25N5O2S. The van der Waals surface area contributed by atoms with Crippen molar-refractivity contribution >= 4 is 11.8 Å². The molecule has 2 heterocycles. The van der Waals surface area contributed by atoms with E-state index in [-0.39, 0.29) is 6.61 Å². The Labute approximate surface area is 185 Å². The Balaban J connectivity index is 1.34. The zero-order valence-corrected chi connectivity index (χ0v) is 18.6. The number of nitrogens with two attached hydrogens (primary N) is 1. The van der Waals surface area contributed by atoms with Crippen molar-refractivity contribution in [1.82, 2.24) is 19.9 Å². The van der Waals surface area contributed by atoms with Gasteiger partial charge >= 0.3 is 0 Å². The first-order valence-electron chi connectivity index (χ1n) is 10.1. The lowest BCUT2D eigenvalue weighted by molar-refractivity contribution is 0.291. The molecule has 8 heteroatoms. The van der Waals surface area contributed by atoms with Gasteiger partial charge in [-0.2, -0.15) is 0 Å². The van der Waals surface area contributed by atoms with Crippen LogP contribution in [0.4, 0.5) is 0 Å². The van der Waals surface area contributed by atoms with Crippen molar-refractivity contribution in [3.63, 3.8) is 0 Å². The van der Waals surface area contributed by atoms with Crippen molar-refractivity contribution in [2.24, 2.45) is 0 Å². The van der Waals surface area contributed by atoms with Crippen LogP contribution in [0.5, 0.6) is 5.75 Å². The number of ether oxygens (including phenoxy) is 1. The van der Waals surface area contributed by atoms with E-state index in [1.165, 1.54) is 27.6 Å². The second kappa shape index (κ2) is 9.26. The van der Waals surface area contributed by atoms with Gasteiger partial charge in [-0.25, -0.2) is 9.66 Å². The number of thioether (sulfide) groups is 1. The summed E-state index contributed by atoms with van der Waals surface area (Å²) in [4.78, 5) is 4.55. The average Bonchev–Trinajstić information content (AvgIpc) is 3.38. The lowest BCUT2D eigenvalue weighted by atomic mass is 10.0. The van der Waals surface area contributed by atoms with Crippen molar-refractivity contribution in [2.75, 3.05) is 5.84 Å². The quantitative estimate of drug-likeness (QED) is 0.309. The molecule has 0 amide bonds. The molecule has 0 aliphatic heterocycles. The lowest BCUT2D eigenvalue weighted by Crippen LogP contribution is -2.15. The molecule has 0 spiro atoms. The minimum Gasteiger partial charge on any atom is -0.486 e. The molecule has 0 atom stereocenters. The van der Waals surface area contributed by atoms with Crippen LogP contribution in [-0.2, 0) is 12.4 Å². The second-order valence-corrected chi connectivity index (χ2v) is 8.52. The highest BCUT2D eigenvalue weighted by Crippen LogP contribution is 2.24. The van der Waals surface area contributed by atoms with E-state index in [0.29, 0.717) is 28.5 Å². The van der Waals surface area contributed by atoms with Crippen molar-refractivity contribution in [2.45, 2.75) is 44.2 Å². The summed E-state index contributed by atoms with van der Waals surface area (Å²) in [5.74, 6) is 9.13. The van der Waals surface area contributed by atoms with Crippen LogP contribution in [0.25, 0.3) is 11.5 Å². The van der Waals surface area contributed by atoms with Crippen LogP contribution in [0, 0.1) is 6.92 Å². The average molecular weight is 436 g/mol. The van der Waals surface area contributed by atoms with Gasteiger partial charge in [-0.1, -0.05) is 55.4 Å². The van der Waals surface area contributed by atoms with Gasteiger partial charge in [0, 0.05) is 11.3 Å². The molecule has 31 heavy (non-hydrogen) atoms. The van der Waals surface area contributed by atoms with Crippen LogP contribution in [0.3, 0.4) is 0 Å². The Kier molecular flexibility index (Phi) is 6.27. The largest absolute Gasteiger partial charge is 0.486 e. The number of benzene rings is 2. The monoisotopic (exact) mass is 435 g/mol. The topological polar surface area (TPSA) is 92.0 Å². The Morgan fingerprint density at radius 1 is 1.06 bits per heavy atom. The normalized spacial score (nSPS) is 11.2. The minimum atomic E-state index is 0.243. The number of aryl methyl sites for hydroxylation is 1. The van der Waals surface area contributed by atoms with E-state index < -0.39 is 0 Å². The third-order valence-electron chi connectivity index (χ3n) is 4.85. The molecule has 0 radical (unpaired) electrons. The van der Waals surface area contributed by atoms with Gasteiger partial charge < -0.3 is 15.0 Å². The number of rotatable bonds is 8. The smallest absolute Gasteiger partial charge is 0.226 e. The van der Waals surface area contributed by atoms with E-state index in [1.807, 2.05) is 43.3 Å². The number of nitrogens with zero attached hydrogens (tertiary/aromatic N) is 4. The van der Waals surface area contributed by atoms with Gasteiger partial charge in [0.15, 0.2) is 5.82 Å². The molecule has 0 fully saturated rings. The first-order valence-corrected chi connectivity index (χ1v) is 11.0. The molecule has 7 nitrogen and oxygen atoms in total. The summed E-state index contributed by atoms with van der Waals surface area (Å²) in [5.41, 5.74) is 4.23. The van der Waals surface area contributed by atoms with Gasteiger partial charge in [0.1, 0.15) is 18.6 Å². The fourth-order valence-electron chi connectivity index (χ4n) is 2.94. The number of nitrogen functional groups attached to an aromatic ring is 1. The van der Waals surface area contributed by atoms with E-state index in [1.54, 1.807) is 6.26 Å². The SMILES string of the molecule is Cc1ccc(-c2nc(CSc3nnc(COc4ccc(C(C)C)cc4)n3N)co2)cc1. The van der Waals surface area contributed by atoms with Gasteiger partial charge in [0.25, 0.3) is 0 Å². The van der Waals surface area contributed by atoms with Crippen LogP contribution in [0.1, 0.15) is 42.4 Å². The van der Waals surface area contributed by atoms with Crippen molar-refractivity contribution < 1.29 is 9.15 Å². The molecule has 0 aliphatic carbocycles. The molecule has 2 N–H and O–H groups in total. The number of hydrogen-bond donors (Lipinski definition) is 1. The Morgan fingerprint density at radius 2 is 1.81 bits per heavy atom. The van der Waals surface area contributed by atoms with Crippen LogP contribution in [0.2, 0.25) is 0 Å². The number of aromatic nitrogens is 4. The molecule has 0 saturated heterocycles. The zero-order valence-electron chi connectivity index (χ0n) is 17.8. The molecule has 4 aromatic rings. The van der Waals surface area contributed by atoms with Gasteiger partial charge in [-0.05, 0) is 42.7 Å². The first kappa shape index (κ1) is 21.0. The molecule has 0 saturated carbocycles. The fraction of sp³-hybridized carbons (Fsp3) is 0.261. The summed E-state index contributed by atoms with van der Waals surface area (Å²) >= 11 is 1.45. The van der Waals surface area contributed by atoms with E-state index in [9.17, 15) is 0 Å². The summed E-state index contributed by atoms with van der Waals surface area (Å²) < 4.78 is 12.9. The van der Waals surface area contributed by atoms with Crippen molar-refractivity contribution in [1.29, 1.82) is 0 Å². The van der Waals surface area contributed by atoms with Crippen LogP contribution >= 0.6 is 11.8 Å². The third-order valence-corrected chi connectivity index (χ3v) is 5.83. The maximum Gasteiger partial charge on any atom is 0.226 e. The summed E-state index contributed by atoms with van der Waals surface area (Å²) in [7, 11) is 0. The molecule has 0 bridgehead atoms. The number of hydrogen-bond acceptors (Lipinski definition) is 7. The zero-order chi connectivity index (χ0) is 21.8. The van der Waals surface area contributed by atoms with E-state index in [2.05, 4.69) is 41.2 Å². The van der Waals surface area contributed by atoms with Crippen molar-refractivity contribution in [3.8, 4) is 17.2 Å². The second-order valence-electron chi connectivity index (χ2n) is 7.58. The summed E-state index contributed by atoms with van der Waals surface area (Å²) in [6.45, 7) is 6.61. The molecule has 0 aliphatic rings. The summed E-state index contributed by atoms with van der Waals surface area (Å²) in [6.07, 6.45) is 1.66. The maximum absolute atomic E-state index is 6.15. The summed E-state index contributed by atoms with van der Waals surface area (Å²) in [6, 6.07) is 16.1. The molecule has 2 aromatic heterocycles. The summed E-state index contributed by atoms with van der Waals surface area (Å²) in [5, 5.41) is 8.91. The molecular weight excluding hydrogens is 410 g/mol. The predicted octanol–water partition coefficient (Wildman–Crippen LogP) is 4.95. The van der Waals surface area contributed by atoms with E-state index >= 15 is 0 Å². The van der Waals surface area contributed by atoms with Crippen LogP contribution in [-0.4, -0.2) is 19.9 Å². The van der Waals surface area contributed by atoms with E-state index in [0.717, 1.165) is 17.0 Å². The van der Waals surface area contributed by atoms with Crippen molar-refractivity contribution in [3.05, 3.63) is 77.4 Å². The predicted molar refractivity (Wildman–Crippen MR) is 121 cm³/mol. The highest BCUT2D eigenvalue weighted by molar-refractivity contribution is 7.98. The molecule has 0 unspecified atom stereocenters. The molecule has 160 valence electrons. The highest BCUT2D eigenvalue weighted by Gasteiger charge is 2.13. The molecule has 2 aromatic carbocycles. The van der Waals surface area contributed by atoms with Gasteiger partial charge in [0.2, 0.25) is 11.0 Å². The van der Waals surface area contributed by atoms with Crippen LogP contribution < -0.4 is 10.6 Å². The first-order chi connectivity index (χ1) is 15.0. The van der Waals surface area contributed by atoms with Gasteiger partial charge in [0.05, 0.1) is 5.69 Å². The maximum atomic E-state index is 6.15. The molecule has 4 rings (SSSR count). The fourth-order valence-corrected chi connectivity index (χ4v) is 3.69. The Morgan fingerprint density at radius 3 is 2.52 bits per heavy atom. The highest BCUT2D eigenvalue weighted by atomic mass is 32.2. The number of oxazole rings is 1. The Bertz CT molecular complexity index is 1130. The van der Waals surface area contributed by atoms with Gasteiger partial charge in [-0.15, -0.1) is 10.2 Å². The lowest BCUT2D eigenvalue weighted by Gasteiger charge is -2.08. The van der Waals surface area contributed by atoms with Gasteiger partial charge in [-0.3, -0.25) is 0 Å². The Hall–Kier alpha value is -3.26. The standard InChI is InChI=1S/C23H25N5O2S/c1-15(2)17-8-10-20(11-9-17)29-13-21-26-27-23(28(21)24)31-14-19-12-30-22(25-19)18-6-4-16(3)5-7-18/h4-12,15H,13-14,24H2,1-3H3. The minimum absolute atomic E-state index is 0.243. The third kappa shape index (κ3) is 5.08.